The van der Waals surface area contributed by atoms with E-state index in [1.165, 1.54) is 0 Å². The summed E-state index contributed by atoms with van der Waals surface area (Å²) in [6, 6.07) is 2.09. The number of carboxylic acid groups (broad SMARTS) is 1. The van der Waals surface area contributed by atoms with Gasteiger partial charge in [0.05, 0.1) is 0 Å². The van der Waals surface area contributed by atoms with Crippen LogP contribution in [0.1, 0.15) is 10.4 Å². The minimum Gasteiger partial charge on any atom is -0.478 e. The zero-order valence-electron chi connectivity index (χ0n) is 6.12. The van der Waals surface area contributed by atoms with Crippen LogP contribution in [0, 0.1) is 10.7 Å². The molecule has 0 saturated heterocycles. The van der Waals surface area contributed by atoms with Crippen LogP contribution < -0.4 is 0 Å². The van der Waals surface area contributed by atoms with Gasteiger partial charge in [-0.3, -0.25) is 0 Å². The average molecular weight is 248 g/mol. The van der Waals surface area contributed by atoms with Crippen LogP contribution in [0.2, 0.25) is 0 Å². The predicted octanol–water partition coefficient (Wildman–Crippen LogP) is 2.68. The first-order valence-corrected chi connectivity index (χ1v) is 3.91. The molecule has 1 N–H and O–H groups in total. The molecule has 0 fully saturated rings. The molecule has 0 bridgehead atoms. The summed E-state index contributed by atoms with van der Waals surface area (Å²) >= 11 is 2.91. The van der Waals surface area contributed by atoms with E-state index < -0.39 is 23.0 Å². The number of nitroso groups, excluding NO2 is 1. The van der Waals surface area contributed by atoms with Gasteiger partial charge in [-0.25, -0.2) is 9.18 Å². The largest absolute Gasteiger partial charge is 0.478 e. The van der Waals surface area contributed by atoms with Gasteiger partial charge in [0.15, 0.2) is 0 Å². The maximum atomic E-state index is 12.9. The van der Waals surface area contributed by atoms with E-state index >= 15 is 0 Å². The fourth-order valence-electron chi connectivity index (χ4n) is 0.844. The van der Waals surface area contributed by atoms with Crippen LogP contribution in [0.25, 0.3) is 0 Å². The van der Waals surface area contributed by atoms with Crippen molar-refractivity contribution in [2.45, 2.75) is 0 Å². The highest BCUT2D eigenvalue weighted by atomic mass is 79.9. The van der Waals surface area contributed by atoms with E-state index in [2.05, 4.69) is 21.1 Å². The molecular formula is C7H3BrFNO3. The number of benzene rings is 1. The number of aromatic carboxylic acids is 1. The highest BCUT2D eigenvalue weighted by Gasteiger charge is 2.17. The van der Waals surface area contributed by atoms with Crippen LogP contribution in [-0.2, 0) is 0 Å². The van der Waals surface area contributed by atoms with Gasteiger partial charge < -0.3 is 5.11 Å². The third kappa shape index (κ3) is 1.89. The lowest BCUT2D eigenvalue weighted by Gasteiger charge is -2.00. The van der Waals surface area contributed by atoms with Gasteiger partial charge in [0.2, 0.25) is 0 Å². The number of carboxylic acids is 1. The molecule has 1 aromatic carbocycles. The minimum absolute atomic E-state index is 0.268. The minimum atomic E-state index is -1.51. The summed E-state index contributed by atoms with van der Waals surface area (Å²) in [5.74, 6) is -2.50. The summed E-state index contributed by atoms with van der Waals surface area (Å²) in [7, 11) is 0. The second-order valence-corrected chi connectivity index (χ2v) is 3.09. The highest BCUT2D eigenvalue weighted by Crippen LogP contribution is 2.26. The highest BCUT2D eigenvalue weighted by molar-refractivity contribution is 9.10. The number of rotatable bonds is 2. The number of hydrogen-bond donors (Lipinski definition) is 1. The molecule has 0 heterocycles. The van der Waals surface area contributed by atoms with Crippen LogP contribution in [-0.4, -0.2) is 11.1 Å². The molecule has 1 aromatic rings. The van der Waals surface area contributed by atoms with Gasteiger partial charge in [0.1, 0.15) is 17.1 Å². The standard InChI is InChI=1S/C7H3BrFNO3/c8-3-1-4(9)6(7(11)12)5(2-3)10-13/h1-2H,(H,11,12). The van der Waals surface area contributed by atoms with E-state index in [0.29, 0.717) is 0 Å². The van der Waals surface area contributed by atoms with Crippen LogP contribution in [0.4, 0.5) is 10.1 Å². The van der Waals surface area contributed by atoms with Gasteiger partial charge in [-0.15, -0.1) is 4.91 Å². The summed E-state index contributed by atoms with van der Waals surface area (Å²) in [6.07, 6.45) is 0. The number of carbonyl (C=O) groups is 1. The van der Waals surface area contributed by atoms with Crippen molar-refractivity contribution in [2.24, 2.45) is 5.18 Å². The first-order valence-electron chi connectivity index (χ1n) is 3.12. The molecule has 0 aliphatic rings. The Balaban J connectivity index is 3.47. The molecule has 6 heteroatoms. The van der Waals surface area contributed by atoms with Crippen LogP contribution in [0.15, 0.2) is 21.8 Å². The van der Waals surface area contributed by atoms with Crippen molar-refractivity contribution in [3.05, 3.63) is 32.9 Å². The van der Waals surface area contributed by atoms with Gasteiger partial charge in [-0.05, 0) is 17.3 Å². The van der Waals surface area contributed by atoms with Crippen molar-refractivity contribution in [1.82, 2.24) is 0 Å². The fourth-order valence-corrected chi connectivity index (χ4v) is 1.26. The Labute approximate surface area is 80.5 Å². The maximum absolute atomic E-state index is 12.9. The van der Waals surface area contributed by atoms with Gasteiger partial charge in [0, 0.05) is 4.47 Å². The monoisotopic (exact) mass is 247 g/mol. The summed E-state index contributed by atoms with van der Waals surface area (Å²) < 4.78 is 13.2. The molecule has 4 nitrogen and oxygen atoms in total. The first-order chi connectivity index (χ1) is 6.06. The predicted molar refractivity (Wildman–Crippen MR) is 46.5 cm³/mol. The van der Waals surface area contributed by atoms with Crippen molar-refractivity contribution < 1.29 is 14.3 Å². The summed E-state index contributed by atoms with van der Waals surface area (Å²) in [5.41, 5.74) is -1.14. The van der Waals surface area contributed by atoms with Crippen molar-refractivity contribution >= 4 is 27.6 Å². The van der Waals surface area contributed by atoms with E-state index in [-0.39, 0.29) is 4.47 Å². The van der Waals surface area contributed by atoms with E-state index in [1.807, 2.05) is 0 Å². The Morgan fingerprint density at radius 1 is 1.54 bits per heavy atom. The topological polar surface area (TPSA) is 66.7 Å². The molecular weight excluding hydrogens is 245 g/mol. The molecule has 0 aromatic heterocycles. The van der Waals surface area contributed by atoms with Crippen molar-refractivity contribution in [1.29, 1.82) is 0 Å². The lowest BCUT2D eigenvalue weighted by atomic mass is 10.2. The zero-order valence-corrected chi connectivity index (χ0v) is 7.71. The maximum Gasteiger partial charge on any atom is 0.341 e. The third-order valence-corrected chi connectivity index (χ3v) is 1.80. The van der Waals surface area contributed by atoms with Gasteiger partial charge in [0.25, 0.3) is 0 Å². The van der Waals surface area contributed by atoms with Crippen molar-refractivity contribution in [2.75, 3.05) is 0 Å². The van der Waals surface area contributed by atoms with Crippen molar-refractivity contribution in [3.8, 4) is 0 Å². The number of nitrogens with zero attached hydrogens (tertiary/aromatic N) is 1. The number of halogens is 2. The number of hydrogen-bond acceptors (Lipinski definition) is 3. The SMILES string of the molecule is O=Nc1cc(Br)cc(F)c1C(=O)O. The molecule has 0 unspecified atom stereocenters. The Morgan fingerprint density at radius 3 is 2.62 bits per heavy atom. The zero-order chi connectivity index (χ0) is 10.0. The van der Waals surface area contributed by atoms with E-state index in [4.69, 9.17) is 5.11 Å². The summed E-state index contributed by atoms with van der Waals surface area (Å²) in [4.78, 5) is 20.6. The Kier molecular flexibility index (Phi) is 2.72. The smallest absolute Gasteiger partial charge is 0.341 e. The Morgan fingerprint density at radius 2 is 2.15 bits per heavy atom. The van der Waals surface area contributed by atoms with E-state index in [9.17, 15) is 14.1 Å². The van der Waals surface area contributed by atoms with Crippen LogP contribution in [0.3, 0.4) is 0 Å². The van der Waals surface area contributed by atoms with Gasteiger partial charge in [-0.1, -0.05) is 15.9 Å². The fraction of sp³-hybridized carbons (Fsp3) is 0. The lowest BCUT2D eigenvalue weighted by molar-refractivity contribution is 0.0693. The molecule has 0 amide bonds. The molecule has 68 valence electrons. The quantitative estimate of drug-likeness (QED) is 0.818. The Bertz CT molecular complexity index is 380. The second-order valence-electron chi connectivity index (χ2n) is 2.18. The molecule has 0 spiro atoms. The molecule has 0 radical (unpaired) electrons. The third-order valence-electron chi connectivity index (χ3n) is 1.35. The molecule has 0 atom stereocenters. The molecule has 0 aliphatic heterocycles. The van der Waals surface area contributed by atoms with Crippen LogP contribution in [0.5, 0.6) is 0 Å². The summed E-state index contributed by atoms with van der Waals surface area (Å²) in [5, 5.41) is 10.9. The molecule has 13 heavy (non-hydrogen) atoms. The van der Waals surface area contributed by atoms with Crippen molar-refractivity contribution in [3.63, 3.8) is 0 Å². The van der Waals surface area contributed by atoms with E-state index in [1.54, 1.807) is 0 Å². The second kappa shape index (κ2) is 3.61. The first kappa shape index (κ1) is 9.79. The molecule has 0 aliphatic carbocycles. The van der Waals surface area contributed by atoms with Gasteiger partial charge in [-0.2, -0.15) is 0 Å². The van der Waals surface area contributed by atoms with Gasteiger partial charge >= 0.3 is 5.97 Å². The average Bonchev–Trinajstić information content (AvgIpc) is 2.01. The normalized spacial score (nSPS) is 9.69. The van der Waals surface area contributed by atoms with Crippen LogP contribution >= 0.6 is 15.9 Å². The van der Waals surface area contributed by atoms with E-state index in [0.717, 1.165) is 12.1 Å². The Hall–Kier alpha value is -1.30. The molecule has 1 rings (SSSR count). The summed E-state index contributed by atoms with van der Waals surface area (Å²) in [6.45, 7) is 0. The lowest BCUT2D eigenvalue weighted by Crippen LogP contribution is -2.00. The molecule has 0 saturated carbocycles.